The van der Waals surface area contributed by atoms with Gasteiger partial charge in [0.2, 0.25) is 5.91 Å². The van der Waals surface area contributed by atoms with E-state index in [1.165, 1.54) is 0 Å². The van der Waals surface area contributed by atoms with Crippen LogP contribution in [0.15, 0.2) is 12.7 Å². The maximum Gasteiger partial charge on any atom is 0.234 e. The standard InChI is InChI=1S/C9H18N2O.C2H6/c1-3-4-5-6-7-8-9(12)11-10-2;1-2/h3,10H,1,4-8H2,2H3,(H,11,12);1-2H3. The Bertz CT molecular complexity index is 135. The van der Waals surface area contributed by atoms with Gasteiger partial charge in [-0.3, -0.25) is 10.2 Å². The fourth-order valence-electron chi connectivity index (χ4n) is 0.953. The summed E-state index contributed by atoms with van der Waals surface area (Å²) in [4.78, 5) is 10.9. The number of amides is 1. The van der Waals surface area contributed by atoms with E-state index in [1.54, 1.807) is 7.05 Å². The van der Waals surface area contributed by atoms with Crippen LogP contribution in [-0.2, 0) is 4.79 Å². The lowest BCUT2D eigenvalue weighted by Gasteiger charge is -2.01. The maximum absolute atomic E-state index is 10.9. The highest BCUT2D eigenvalue weighted by atomic mass is 16.2. The van der Waals surface area contributed by atoms with Crippen molar-refractivity contribution in [1.82, 2.24) is 10.9 Å². The molecule has 0 aliphatic carbocycles. The molecule has 0 saturated carbocycles. The molecule has 0 spiro atoms. The molecule has 0 aromatic rings. The first-order valence-electron chi connectivity index (χ1n) is 5.37. The van der Waals surface area contributed by atoms with Gasteiger partial charge in [-0.1, -0.05) is 26.3 Å². The highest BCUT2D eigenvalue weighted by molar-refractivity contribution is 5.75. The summed E-state index contributed by atoms with van der Waals surface area (Å²) in [5.74, 6) is 0.0658. The fraction of sp³-hybridized carbons (Fsp3) is 0.727. The Morgan fingerprint density at radius 2 is 1.93 bits per heavy atom. The predicted molar refractivity (Wildman–Crippen MR) is 61.8 cm³/mol. The molecular weight excluding hydrogens is 176 g/mol. The summed E-state index contributed by atoms with van der Waals surface area (Å²) in [6.07, 6.45) is 6.76. The smallest absolute Gasteiger partial charge is 0.234 e. The van der Waals surface area contributed by atoms with E-state index in [0.29, 0.717) is 6.42 Å². The quantitative estimate of drug-likeness (QED) is 0.376. The van der Waals surface area contributed by atoms with Gasteiger partial charge >= 0.3 is 0 Å². The molecule has 0 saturated heterocycles. The van der Waals surface area contributed by atoms with E-state index in [-0.39, 0.29) is 5.91 Å². The lowest BCUT2D eigenvalue weighted by Crippen LogP contribution is -2.33. The van der Waals surface area contributed by atoms with Crippen molar-refractivity contribution in [3.63, 3.8) is 0 Å². The van der Waals surface area contributed by atoms with Crippen LogP contribution in [0.4, 0.5) is 0 Å². The zero-order valence-corrected chi connectivity index (χ0v) is 9.73. The summed E-state index contributed by atoms with van der Waals surface area (Å²) in [5.41, 5.74) is 5.13. The molecule has 0 unspecified atom stereocenters. The first kappa shape index (κ1) is 15.6. The van der Waals surface area contributed by atoms with E-state index in [1.807, 2.05) is 19.9 Å². The zero-order chi connectivity index (χ0) is 11.2. The second-order valence-electron chi connectivity index (χ2n) is 2.69. The topological polar surface area (TPSA) is 41.1 Å². The monoisotopic (exact) mass is 200 g/mol. The minimum Gasteiger partial charge on any atom is -0.292 e. The SMILES string of the molecule is C=CCCCCCC(=O)NNC.CC. The number of unbranched alkanes of at least 4 members (excludes halogenated alkanes) is 3. The van der Waals surface area contributed by atoms with Gasteiger partial charge in [-0.15, -0.1) is 6.58 Å². The molecule has 0 aliphatic heterocycles. The van der Waals surface area contributed by atoms with E-state index in [4.69, 9.17) is 0 Å². The molecule has 0 radical (unpaired) electrons. The van der Waals surface area contributed by atoms with Crippen LogP contribution in [0.1, 0.15) is 46.0 Å². The summed E-state index contributed by atoms with van der Waals surface area (Å²) < 4.78 is 0. The summed E-state index contributed by atoms with van der Waals surface area (Å²) in [6, 6.07) is 0. The molecule has 0 bridgehead atoms. The number of hydrogen-bond donors (Lipinski definition) is 2. The second kappa shape index (κ2) is 14.7. The number of nitrogens with one attached hydrogen (secondary N) is 2. The van der Waals surface area contributed by atoms with Crippen molar-refractivity contribution < 1.29 is 4.79 Å². The Kier molecular flexibility index (Phi) is 16.4. The Hall–Kier alpha value is -0.830. The first-order chi connectivity index (χ1) is 6.81. The van der Waals surface area contributed by atoms with Crippen LogP contribution in [0.25, 0.3) is 0 Å². The van der Waals surface area contributed by atoms with Crippen molar-refractivity contribution in [2.75, 3.05) is 7.05 Å². The van der Waals surface area contributed by atoms with E-state index in [0.717, 1.165) is 25.7 Å². The molecule has 84 valence electrons. The number of allylic oxidation sites excluding steroid dienone is 1. The van der Waals surface area contributed by atoms with Gasteiger partial charge in [0.15, 0.2) is 0 Å². The molecule has 14 heavy (non-hydrogen) atoms. The number of rotatable bonds is 7. The van der Waals surface area contributed by atoms with Gasteiger partial charge in [0.05, 0.1) is 0 Å². The van der Waals surface area contributed by atoms with Crippen LogP contribution in [-0.4, -0.2) is 13.0 Å². The second-order valence-corrected chi connectivity index (χ2v) is 2.69. The highest BCUT2D eigenvalue weighted by Gasteiger charge is 1.97. The zero-order valence-electron chi connectivity index (χ0n) is 9.73. The Balaban J connectivity index is 0. The van der Waals surface area contributed by atoms with Crippen LogP contribution >= 0.6 is 0 Å². The summed E-state index contributed by atoms with van der Waals surface area (Å²) >= 11 is 0. The third-order valence-electron chi connectivity index (χ3n) is 1.58. The van der Waals surface area contributed by atoms with Crippen LogP contribution < -0.4 is 10.9 Å². The van der Waals surface area contributed by atoms with Crippen molar-refractivity contribution >= 4 is 5.91 Å². The number of carbonyl (C=O) groups excluding carboxylic acids is 1. The minimum atomic E-state index is 0.0658. The summed E-state index contributed by atoms with van der Waals surface area (Å²) in [5, 5.41) is 0. The van der Waals surface area contributed by atoms with E-state index >= 15 is 0 Å². The normalized spacial score (nSPS) is 8.50. The predicted octanol–water partition coefficient (Wildman–Crippen LogP) is 2.40. The lowest BCUT2D eigenvalue weighted by atomic mass is 10.1. The molecule has 3 heteroatoms. The van der Waals surface area contributed by atoms with E-state index in [9.17, 15) is 4.79 Å². The van der Waals surface area contributed by atoms with Crippen molar-refractivity contribution in [1.29, 1.82) is 0 Å². The molecule has 1 amide bonds. The Morgan fingerprint density at radius 1 is 1.29 bits per heavy atom. The number of hydrogen-bond acceptors (Lipinski definition) is 2. The molecule has 0 aliphatic rings. The number of hydrazine groups is 1. The van der Waals surface area contributed by atoms with Gasteiger partial charge in [0, 0.05) is 13.5 Å². The van der Waals surface area contributed by atoms with Gasteiger partial charge in [0.1, 0.15) is 0 Å². The Morgan fingerprint density at radius 3 is 2.43 bits per heavy atom. The molecule has 2 N–H and O–H groups in total. The number of carbonyl (C=O) groups is 1. The average Bonchev–Trinajstić information content (AvgIpc) is 2.21. The molecule has 0 aromatic heterocycles. The highest BCUT2D eigenvalue weighted by Crippen LogP contribution is 2.02. The molecular formula is C11H24N2O. The summed E-state index contributed by atoms with van der Waals surface area (Å²) in [7, 11) is 1.69. The minimum absolute atomic E-state index is 0.0658. The van der Waals surface area contributed by atoms with Gasteiger partial charge < -0.3 is 0 Å². The molecule has 0 atom stereocenters. The van der Waals surface area contributed by atoms with E-state index in [2.05, 4.69) is 17.4 Å². The summed E-state index contributed by atoms with van der Waals surface area (Å²) in [6.45, 7) is 7.63. The van der Waals surface area contributed by atoms with Crippen molar-refractivity contribution in [3.8, 4) is 0 Å². The lowest BCUT2D eigenvalue weighted by molar-refractivity contribution is -0.122. The fourth-order valence-corrected chi connectivity index (χ4v) is 0.953. The van der Waals surface area contributed by atoms with Crippen molar-refractivity contribution in [2.24, 2.45) is 0 Å². The van der Waals surface area contributed by atoms with Crippen molar-refractivity contribution in [3.05, 3.63) is 12.7 Å². The van der Waals surface area contributed by atoms with Crippen LogP contribution in [0.5, 0.6) is 0 Å². The van der Waals surface area contributed by atoms with Gasteiger partial charge in [-0.2, -0.15) is 0 Å². The van der Waals surface area contributed by atoms with Crippen LogP contribution in [0, 0.1) is 0 Å². The third kappa shape index (κ3) is 13.7. The van der Waals surface area contributed by atoms with E-state index < -0.39 is 0 Å². The molecule has 0 heterocycles. The average molecular weight is 200 g/mol. The molecule has 0 rings (SSSR count). The van der Waals surface area contributed by atoms with Gasteiger partial charge in [-0.25, -0.2) is 5.43 Å². The largest absolute Gasteiger partial charge is 0.292 e. The van der Waals surface area contributed by atoms with Crippen LogP contribution in [0.2, 0.25) is 0 Å². The first-order valence-corrected chi connectivity index (χ1v) is 5.37. The van der Waals surface area contributed by atoms with Gasteiger partial charge in [0.25, 0.3) is 0 Å². The van der Waals surface area contributed by atoms with Crippen molar-refractivity contribution in [2.45, 2.75) is 46.0 Å². The van der Waals surface area contributed by atoms with Gasteiger partial charge in [-0.05, 0) is 19.3 Å². The Labute approximate surface area is 87.9 Å². The molecule has 0 fully saturated rings. The van der Waals surface area contributed by atoms with Crippen LogP contribution in [0.3, 0.4) is 0 Å². The molecule has 3 nitrogen and oxygen atoms in total. The maximum atomic E-state index is 10.9. The molecule has 0 aromatic carbocycles. The third-order valence-corrected chi connectivity index (χ3v) is 1.58.